The van der Waals surface area contributed by atoms with Crippen molar-refractivity contribution in [2.45, 2.75) is 0 Å². The van der Waals surface area contributed by atoms with Crippen molar-refractivity contribution < 1.29 is 0 Å². The van der Waals surface area contributed by atoms with Gasteiger partial charge in [-0.1, -0.05) is 102 Å². The first-order valence-corrected chi connectivity index (χ1v) is 7.44. The van der Waals surface area contributed by atoms with Gasteiger partial charge in [-0.15, -0.1) is 0 Å². The molecule has 3 rings (SSSR count). The van der Waals surface area contributed by atoms with Crippen molar-refractivity contribution >= 4 is 34.8 Å². The SMILES string of the molecule is Clc1ccccc1.Clc1ccccc1Cl.c1ccccc1. The zero-order valence-corrected chi connectivity index (χ0v) is 13.6. The molecule has 0 fully saturated rings. The fourth-order valence-electron chi connectivity index (χ4n) is 1.24. The molecule has 0 saturated heterocycles. The maximum absolute atomic E-state index is 5.58. The van der Waals surface area contributed by atoms with E-state index in [0.29, 0.717) is 10.0 Å². The smallest absolute Gasteiger partial charge is 0.0592 e. The monoisotopic (exact) mass is 336 g/mol. The van der Waals surface area contributed by atoms with E-state index in [4.69, 9.17) is 34.8 Å². The fraction of sp³-hybridized carbons (Fsp3) is 0. The van der Waals surface area contributed by atoms with Crippen molar-refractivity contribution in [2.24, 2.45) is 0 Å². The summed E-state index contributed by atoms with van der Waals surface area (Å²) >= 11 is 16.7. The normalized spacial score (nSPS) is 8.71. The van der Waals surface area contributed by atoms with Crippen LogP contribution in [0.1, 0.15) is 0 Å². The van der Waals surface area contributed by atoms with E-state index in [1.54, 1.807) is 12.1 Å². The van der Waals surface area contributed by atoms with Gasteiger partial charge in [-0.2, -0.15) is 0 Å². The third kappa shape index (κ3) is 9.14. The molecule has 0 aliphatic rings. The van der Waals surface area contributed by atoms with Gasteiger partial charge in [0, 0.05) is 5.02 Å². The third-order valence-electron chi connectivity index (χ3n) is 2.22. The zero-order chi connectivity index (χ0) is 15.3. The van der Waals surface area contributed by atoms with E-state index in [1.165, 1.54) is 0 Å². The standard InChI is InChI=1S/C6H4Cl2.C6H5Cl.C6H6/c7-5-3-1-2-4-6(5)8;7-6-4-2-1-3-5-6;1-2-4-6-5-3-1/h1-4H;1-5H;1-6H. The first kappa shape index (κ1) is 17.6. The lowest BCUT2D eigenvalue weighted by molar-refractivity contribution is 1.71. The minimum Gasteiger partial charge on any atom is -0.0843 e. The van der Waals surface area contributed by atoms with Gasteiger partial charge in [-0.25, -0.2) is 0 Å². The zero-order valence-electron chi connectivity index (χ0n) is 11.3. The van der Waals surface area contributed by atoms with Gasteiger partial charge in [0.1, 0.15) is 0 Å². The van der Waals surface area contributed by atoms with Gasteiger partial charge < -0.3 is 0 Å². The topological polar surface area (TPSA) is 0 Å². The fourth-order valence-corrected chi connectivity index (χ4v) is 1.66. The molecule has 0 N–H and O–H groups in total. The second-order valence-electron chi connectivity index (χ2n) is 3.86. The summed E-state index contributed by atoms with van der Waals surface area (Å²) in [4.78, 5) is 0. The van der Waals surface area contributed by atoms with Crippen LogP contribution in [0.25, 0.3) is 0 Å². The second kappa shape index (κ2) is 11.2. The highest BCUT2D eigenvalue weighted by atomic mass is 35.5. The second-order valence-corrected chi connectivity index (χ2v) is 5.12. The van der Waals surface area contributed by atoms with E-state index in [1.807, 2.05) is 78.9 Å². The van der Waals surface area contributed by atoms with Crippen LogP contribution in [0.4, 0.5) is 0 Å². The van der Waals surface area contributed by atoms with Crippen LogP contribution in [0.15, 0.2) is 91.0 Å². The van der Waals surface area contributed by atoms with Crippen LogP contribution in [0, 0.1) is 0 Å². The van der Waals surface area contributed by atoms with Gasteiger partial charge in [0.15, 0.2) is 0 Å². The van der Waals surface area contributed by atoms with Crippen LogP contribution < -0.4 is 0 Å². The lowest BCUT2D eigenvalue weighted by atomic mass is 10.4. The Balaban J connectivity index is 0.000000159. The van der Waals surface area contributed by atoms with Gasteiger partial charge in [-0.3, -0.25) is 0 Å². The van der Waals surface area contributed by atoms with Crippen molar-refractivity contribution in [1.82, 2.24) is 0 Å². The minimum absolute atomic E-state index is 0.606. The van der Waals surface area contributed by atoms with Crippen molar-refractivity contribution in [3.05, 3.63) is 106 Å². The van der Waals surface area contributed by atoms with Crippen molar-refractivity contribution in [3.63, 3.8) is 0 Å². The number of hydrogen-bond donors (Lipinski definition) is 0. The Hall–Kier alpha value is -1.47. The molecule has 0 spiro atoms. The number of halogens is 3. The van der Waals surface area contributed by atoms with E-state index in [-0.39, 0.29) is 0 Å². The lowest BCUT2D eigenvalue weighted by Crippen LogP contribution is -1.62. The molecule has 0 aliphatic heterocycles. The van der Waals surface area contributed by atoms with Crippen LogP contribution in [0.5, 0.6) is 0 Å². The van der Waals surface area contributed by atoms with E-state index >= 15 is 0 Å². The number of rotatable bonds is 0. The lowest BCUT2D eigenvalue weighted by Gasteiger charge is -1.88. The first-order chi connectivity index (χ1) is 10.2. The third-order valence-corrected chi connectivity index (χ3v) is 3.23. The molecular weight excluding hydrogens is 323 g/mol. The molecule has 0 unspecified atom stereocenters. The highest BCUT2D eigenvalue weighted by Gasteiger charge is 1.89. The van der Waals surface area contributed by atoms with Crippen molar-refractivity contribution in [1.29, 1.82) is 0 Å². The van der Waals surface area contributed by atoms with E-state index in [0.717, 1.165) is 5.02 Å². The van der Waals surface area contributed by atoms with Crippen LogP contribution >= 0.6 is 34.8 Å². The highest BCUT2D eigenvalue weighted by molar-refractivity contribution is 6.41. The molecule has 21 heavy (non-hydrogen) atoms. The molecule has 0 nitrogen and oxygen atoms in total. The van der Waals surface area contributed by atoms with Crippen LogP contribution in [-0.4, -0.2) is 0 Å². The molecule has 0 amide bonds. The van der Waals surface area contributed by atoms with Gasteiger partial charge in [0.2, 0.25) is 0 Å². The van der Waals surface area contributed by atoms with Crippen LogP contribution in [0.2, 0.25) is 15.1 Å². The Morgan fingerprint density at radius 3 is 0.905 bits per heavy atom. The predicted molar refractivity (Wildman–Crippen MR) is 94.4 cm³/mol. The van der Waals surface area contributed by atoms with Crippen molar-refractivity contribution in [2.75, 3.05) is 0 Å². The maximum atomic E-state index is 5.58. The first-order valence-electron chi connectivity index (χ1n) is 6.30. The average molecular weight is 338 g/mol. The van der Waals surface area contributed by atoms with Gasteiger partial charge in [0.05, 0.1) is 10.0 Å². The quantitative estimate of drug-likeness (QED) is 0.413. The minimum atomic E-state index is 0.606. The molecule has 0 aromatic heterocycles. The molecule has 3 heteroatoms. The largest absolute Gasteiger partial charge is 0.0843 e. The summed E-state index contributed by atoms with van der Waals surface area (Å²) in [6.07, 6.45) is 0. The summed E-state index contributed by atoms with van der Waals surface area (Å²) in [5.41, 5.74) is 0. The van der Waals surface area contributed by atoms with Crippen LogP contribution in [-0.2, 0) is 0 Å². The summed E-state index contributed by atoms with van der Waals surface area (Å²) in [6.45, 7) is 0. The molecule has 0 atom stereocenters. The predicted octanol–water partition coefficient (Wildman–Crippen LogP) is 7.02. The molecular formula is C18H15Cl3. The van der Waals surface area contributed by atoms with Gasteiger partial charge in [-0.05, 0) is 24.3 Å². The molecule has 0 radical (unpaired) electrons. The van der Waals surface area contributed by atoms with E-state index < -0.39 is 0 Å². The summed E-state index contributed by atoms with van der Waals surface area (Å²) in [7, 11) is 0. The van der Waals surface area contributed by atoms with Gasteiger partial charge >= 0.3 is 0 Å². The molecule has 0 saturated carbocycles. The van der Waals surface area contributed by atoms with Crippen LogP contribution in [0.3, 0.4) is 0 Å². The Labute approximate surface area is 140 Å². The Morgan fingerprint density at radius 2 is 0.667 bits per heavy atom. The Kier molecular flexibility index (Phi) is 9.39. The van der Waals surface area contributed by atoms with E-state index in [2.05, 4.69) is 0 Å². The molecule has 3 aromatic carbocycles. The molecule has 0 heterocycles. The molecule has 0 bridgehead atoms. The maximum Gasteiger partial charge on any atom is 0.0592 e. The highest BCUT2D eigenvalue weighted by Crippen LogP contribution is 2.19. The Morgan fingerprint density at radius 1 is 0.381 bits per heavy atom. The molecule has 0 aliphatic carbocycles. The number of hydrogen-bond acceptors (Lipinski definition) is 0. The van der Waals surface area contributed by atoms with E-state index in [9.17, 15) is 0 Å². The van der Waals surface area contributed by atoms with Gasteiger partial charge in [0.25, 0.3) is 0 Å². The molecule has 108 valence electrons. The molecule has 3 aromatic rings. The number of benzene rings is 3. The van der Waals surface area contributed by atoms with Crippen molar-refractivity contribution in [3.8, 4) is 0 Å². The summed E-state index contributed by atoms with van der Waals surface area (Å²) < 4.78 is 0. The summed E-state index contributed by atoms with van der Waals surface area (Å²) in [6, 6.07) is 28.6. The average Bonchev–Trinajstić information content (AvgIpc) is 2.54. The summed E-state index contributed by atoms with van der Waals surface area (Å²) in [5, 5.41) is 2.01. The summed E-state index contributed by atoms with van der Waals surface area (Å²) in [5.74, 6) is 0. The Bertz CT molecular complexity index is 547.